The fourth-order valence-corrected chi connectivity index (χ4v) is 5.11. The van der Waals surface area contributed by atoms with Crippen LogP contribution in [0.5, 0.6) is 0 Å². The quantitative estimate of drug-likeness (QED) is 0.353. The number of benzene rings is 3. The van der Waals surface area contributed by atoms with Crippen LogP contribution in [0.25, 0.3) is 33.2 Å². The van der Waals surface area contributed by atoms with Gasteiger partial charge in [0.15, 0.2) is 0 Å². The molecule has 1 saturated heterocycles. The highest BCUT2D eigenvalue weighted by Crippen LogP contribution is 2.33. The first kappa shape index (κ1) is 23.9. The molecule has 0 unspecified atom stereocenters. The van der Waals surface area contributed by atoms with Crippen molar-refractivity contribution in [2.45, 2.75) is 18.9 Å². The van der Waals surface area contributed by atoms with Gasteiger partial charge in [-0.3, -0.25) is 14.4 Å². The Bertz CT molecular complexity index is 1610. The van der Waals surface area contributed by atoms with Gasteiger partial charge in [0.25, 0.3) is 5.91 Å². The molecule has 1 amide bonds. The minimum atomic E-state index is -0.599. The largest absolute Gasteiger partial charge is 0.315 e. The molecule has 0 bridgehead atoms. The molecule has 5 aromatic rings. The molecule has 0 spiro atoms. The second-order valence-electron chi connectivity index (χ2n) is 9.58. The minimum Gasteiger partial charge on any atom is -0.315 e. The van der Waals surface area contributed by atoms with Crippen LogP contribution in [0.2, 0.25) is 0 Å². The summed E-state index contributed by atoms with van der Waals surface area (Å²) in [6.45, 7) is 1.51. The first-order valence-corrected chi connectivity index (χ1v) is 12.7. The normalized spacial score (nSPS) is 15.5. The number of carbonyl (C=O) groups excluding carboxylic acids is 1. The van der Waals surface area contributed by atoms with E-state index in [9.17, 15) is 4.79 Å². The van der Waals surface area contributed by atoms with Crippen LogP contribution in [0, 0.1) is 5.82 Å². The smallest absolute Gasteiger partial charge is 0.262 e. The number of hydrogen-bond acceptors (Lipinski definition) is 5. The van der Waals surface area contributed by atoms with Crippen LogP contribution in [0.3, 0.4) is 0 Å². The monoisotopic (exact) mass is 506 g/mol. The lowest BCUT2D eigenvalue weighted by Crippen LogP contribution is -2.49. The van der Waals surface area contributed by atoms with Gasteiger partial charge in [-0.05, 0) is 60.2 Å². The average molecular weight is 507 g/mol. The summed E-state index contributed by atoms with van der Waals surface area (Å²) in [6.07, 6.45) is 5.15. The minimum absolute atomic E-state index is 0.00271. The van der Waals surface area contributed by atoms with Crippen molar-refractivity contribution in [3.8, 4) is 22.4 Å². The number of rotatable bonds is 5. The van der Waals surface area contributed by atoms with Gasteiger partial charge in [0, 0.05) is 30.7 Å². The van der Waals surface area contributed by atoms with Crippen LogP contribution in [-0.4, -0.2) is 45.0 Å². The summed E-state index contributed by atoms with van der Waals surface area (Å²) in [6, 6.07) is 22.7. The summed E-state index contributed by atoms with van der Waals surface area (Å²) in [5.74, 6) is -0.467. The third-order valence-electron chi connectivity index (χ3n) is 7.03. The number of hydrogen-bond donors (Lipinski definition) is 1. The number of piperidine rings is 1. The van der Waals surface area contributed by atoms with Crippen molar-refractivity contribution in [2.24, 2.45) is 7.05 Å². The molecular formula is C30H27FN6O. The van der Waals surface area contributed by atoms with Crippen LogP contribution in [0.4, 0.5) is 10.2 Å². The lowest BCUT2D eigenvalue weighted by molar-refractivity contribution is 0.0968. The zero-order valence-electron chi connectivity index (χ0n) is 21.0. The molecule has 0 aliphatic carbocycles. The standard InChI is InChI=1S/C30H27FN6O/c1-36-19-28(34-35-36)23-10-12-26(27(31)17-23)30(38)37(24-8-5-14-32-18-24)29-25-11-9-21(16-22(25)13-15-33-29)20-6-3-2-4-7-20/h2-4,6-7,9-13,15-17,19,24,32H,5,8,14,18H2,1H3/t24-/m1/s1. The molecule has 8 heteroatoms. The summed E-state index contributed by atoms with van der Waals surface area (Å²) >= 11 is 0. The van der Waals surface area contributed by atoms with Gasteiger partial charge in [-0.25, -0.2) is 9.37 Å². The summed E-state index contributed by atoms with van der Waals surface area (Å²) in [5, 5.41) is 13.2. The topological polar surface area (TPSA) is 75.9 Å². The molecule has 6 rings (SSSR count). The lowest BCUT2D eigenvalue weighted by atomic mass is 9.99. The number of anilines is 1. The molecule has 1 fully saturated rings. The van der Waals surface area contributed by atoms with E-state index in [-0.39, 0.29) is 11.6 Å². The van der Waals surface area contributed by atoms with Crippen LogP contribution >= 0.6 is 0 Å². The maximum atomic E-state index is 15.5. The Labute approximate surface area is 219 Å². The van der Waals surface area contributed by atoms with Gasteiger partial charge in [-0.15, -0.1) is 5.10 Å². The van der Waals surface area contributed by atoms with Gasteiger partial charge < -0.3 is 5.32 Å². The van der Waals surface area contributed by atoms with E-state index in [1.54, 1.807) is 35.1 Å². The Morgan fingerprint density at radius 3 is 2.61 bits per heavy atom. The molecule has 7 nitrogen and oxygen atoms in total. The van der Waals surface area contributed by atoms with E-state index >= 15 is 4.39 Å². The lowest BCUT2D eigenvalue weighted by Gasteiger charge is -2.34. The second kappa shape index (κ2) is 10.1. The Balaban J connectivity index is 1.42. The maximum absolute atomic E-state index is 15.5. The van der Waals surface area contributed by atoms with E-state index in [1.807, 2.05) is 36.4 Å². The molecule has 2 aromatic heterocycles. The van der Waals surface area contributed by atoms with E-state index in [1.165, 1.54) is 12.1 Å². The second-order valence-corrected chi connectivity index (χ2v) is 9.58. The third kappa shape index (κ3) is 4.54. The molecule has 1 aliphatic rings. The zero-order valence-corrected chi connectivity index (χ0v) is 21.0. The Morgan fingerprint density at radius 1 is 1.03 bits per heavy atom. The number of fused-ring (bicyclic) bond motifs is 1. The number of nitrogens with zero attached hydrogens (tertiary/aromatic N) is 5. The van der Waals surface area contributed by atoms with E-state index < -0.39 is 11.7 Å². The predicted molar refractivity (Wildman–Crippen MR) is 146 cm³/mol. The van der Waals surface area contributed by atoms with E-state index in [0.717, 1.165) is 41.3 Å². The molecule has 1 atom stereocenters. The molecule has 1 aliphatic heterocycles. The van der Waals surface area contributed by atoms with Crippen LogP contribution in [0.15, 0.2) is 85.2 Å². The average Bonchev–Trinajstić information content (AvgIpc) is 3.40. The van der Waals surface area contributed by atoms with Gasteiger partial charge in [0.2, 0.25) is 0 Å². The van der Waals surface area contributed by atoms with Crippen molar-refractivity contribution in [2.75, 3.05) is 18.0 Å². The number of aromatic nitrogens is 4. The van der Waals surface area contributed by atoms with E-state index in [0.29, 0.717) is 23.6 Å². The summed E-state index contributed by atoms with van der Waals surface area (Å²) in [4.78, 5) is 20.4. The highest BCUT2D eigenvalue weighted by molar-refractivity contribution is 6.10. The molecule has 1 N–H and O–H groups in total. The fraction of sp³-hybridized carbons (Fsp3) is 0.200. The first-order valence-electron chi connectivity index (χ1n) is 12.7. The number of carbonyl (C=O) groups is 1. The number of nitrogens with one attached hydrogen (secondary N) is 1. The Morgan fingerprint density at radius 2 is 1.87 bits per heavy atom. The zero-order chi connectivity index (χ0) is 26.1. The SMILES string of the molecule is Cn1cc(-c2ccc(C(=O)N(c3nccc4cc(-c5ccccc5)ccc34)[C@@H]3CCCNC3)c(F)c2)nn1. The van der Waals surface area contributed by atoms with Crippen molar-refractivity contribution in [1.82, 2.24) is 25.3 Å². The summed E-state index contributed by atoms with van der Waals surface area (Å²) in [5.41, 5.74) is 3.31. The number of halogens is 1. The van der Waals surface area contributed by atoms with E-state index in [4.69, 9.17) is 0 Å². The van der Waals surface area contributed by atoms with Gasteiger partial charge in [-0.2, -0.15) is 0 Å². The van der Waals surface area contributed by atoms with Gasteiger partial charge in [0.1, 0.15) is 17.3 Å². The number of pyridine rings is 1. The highest BCUT2D eigenvalue weighted by Gasteiger charge is 2.31. The molecule has 0 radical (unpaired) electrons. The molecule has 0 saturated carbocycles. The number of aryl methyl sites for hydroxylation is 1. The molecular weight excluding hydrogens is 479 g/mol. The summed E-state index contributed by atoms with van der Waals surface area (Å²) < 4.78 is 17.0. The predicted octanol–water partition coefficient (Wildman–Crippen LogP) is 5.24. The van der Waals surface area contributed by atoms with Gasteiger partial charge >= 0.3 is 0 Å². The molecule has 190 valence electrons. The molecule has 38 heavy (non-hydrogen) atoms. The Hall–Kier alpha value is -4.43. The van der Waals surface area contributed by atoms with Crippen LogP contribution < -0.4 is 10.2 Å². The highest BCUT2D eigenvalue weighted by atomic mass is 19.1. The van der Waals surface area contributed by atoms with Crippen molar-refractivity contribution in [3.05, 3.63) is 96.6 Å². The van der Waals surface area contributed by atoms with Crippen molar-refractivity contribution < 1.29 is 9.18 Å². The van der Waals surface area contributed by atoms with E-state index in [2.05, 4.69) is 38.8 Å². The Kier molecular flexibility index (Phi) is 6.39. The van der Waals surface area contributed by atoms with Crippen LogP contribution in [-0.2, 0) is 7.05 Å². The van der Waals surface area contributed by atoms with Crippen molar-refractivity contribution >= 4 is 22.5 Å². The maximum Gasteiger partial charge on any atom is 0.262 e. The van der Waals surface area contributed by atoms with Crippen molar-refractivity contribution in [3.63, 3.8) is 0 Å². The molecule has 3 heterocycles. The van der Waals surface area contributed by atoms with Crippen LogP contribution in [0.1, 0.15) is 23.2 Å². The summed E-state index contributed by atoms with van der Waals surface area (Å²) in [7, 11) is 1.75. The van der Waals surface area contributed by atoms with Gasteiger partial charge in [-0.1, -0.05) is 53.7 Å². The third-order valence-corrected chi connectivity index (χ3v) is 7.03. The molecule has 3 aromatic carbocycles. The van der Waals surface area contributed by atoms with Gasteiger partial charge in [0.05, 0.1) is 17.8 Å². The van der Waals surface area contributed by atoms with Crippen molar-refractivity contribution in [1.29, 1.82) is 0 Å². The number of amides is 1. The fourth-order valence-electron chi connectivity index (χ4n) is 5.11. The first-order chi connectivity index (χ1) is 18.6.